The summed E-state index contributed by atoms with van der Waals surface area (Å²) in [6.45, 7) is 7.15. The number of rotatable bonds is 4. The molecule has 2 N–H and O–H groups in total. The molecular weight excluding hydrogens is 302 g/mol. The average Bonchev–Trinajstić information content (AvgIpc) is 2.83. The minimum atomic E-state index is -0.0942. The lowest BCUT2D eigenvalue weighted by molar-refractivity contribution is -0.0542. The molecule has 0 aliphatic carbocycles. The highest BCUT2D eigenvalue weighted by Gasteiger charge is 2.32. The van der Waals surface area contributed by atoms with Gasteiger partial charge in [0.1, 0.15) is 10.6 Å². The van der Waals surface area contributed by atoms with Gasteiger partial charge in [0.05, 0.1) is 17.6 Å². The molecule has 1 aliphatic rings. The molecule has 0 radical (unpaired) electrons. The number of anilines is 1. The Morgan fingerprint density at radius 2 is 2.19 bits per heavy atom. The summed E-state index contributed by atoms with van der Waals surface area (Å²) in [6, 6.07) is 0. The number of nitrogens with zero attached hydrogens (tertiary/aromatic N) is 2. The Labute approximate surface area is 133 Å². The van der Waals surface area contributed by atoms with Gasteiger partial charge < -0.3 is 10.5 Å². The van der Waals surface area contributed by atoms with Gasteiger partial charge >= 0.3 is 0 Å². The molecule has 0 saturated heterocycles. The van der Waals surface area contributed by atoms with Crippen LogP contribution < -0.4 is 5.73 Å². The summed E-state index contributed by atoms with van der Waals surface area (Å²) in [5.74, 6) is 1.64. The Balaban J connectivity index is 2.05. The molecule has 1 aliphatic heterocycles. The fourth-order valence-corrected chi connectivity index (χ4v) is 4.44. The van der Waals surface area contributed by atoms with Crippen LogP contribution in [0.5, 0.6) is 0 Å². The number of ether oxygens (including phenoxy) is 1. The van der Waals surface area contributed by atoms with Crippen LogP contribution >= 0.6 is 23.1 Å². The van der Waals surface area contributed by atoms with Crippen molar-refractivity contribution in [3.63, 3.8) is 0 Å². The lowest BCUT2D eigenvalue weighted by Gasteiger charge is -2.33. The zero-order chi connectivity index (χ0) is 15.0. The third-order valence-electron chi connectivity index (χ3n) is 4.03. The van der Waals surface area contributed by atoms with Crippen LogP contribution in [0.1, 0.15) is 44.1 Å². The zero-order valence-corrected chi connectivity index (χ0v) is 14.4. The Kier molecular flexibility index (Phi) is 4.12. The fourth-order valence-electron chi connectivity index (χ4n) is 2.56. The first kappa shape index (κ1) is 15.1. The average molecular weight is 323 g/mol. The summed E-state index contributed by atoms with van der Waals surface area (Å²) < 4.78 is 6.02. The third kappa shape index (κ3) is 2.76. The third-order valence-corrected chi connectivity index (χ3v) is 6.18. The van der Waals surface area contributed by atoms with Crippen molar-refractivity contribution in [2.24, 2.45) is 0 Å². The highest BCUT2D eigenvalue weighted by Crippen LogP contribution is 2.41. The molecule has 0 amide bonds. The van der Waals surface area contributed by atoms with Gasteiger partial charge in [0.25, 0.3) is 0 Å². The van der Waals surface area contributed by atoms with E-state index in [1.807, 2.05) is 0 Å². The van der Waals surface area contributed by atoms with Crippen molar-refractivity contribution >= 4 is 39.1 Å². The summed E-state index contributed by atoms with van der Waals surface area (Å²) in [4.78, 5) is 11.4. The van der Waals surface area contributed by atoms with E-state index in [1.54, 1.807) is 23.1 Å². The lowest BCUT2D eigenvalue weighted by atomic mass is 9.90. The molecule has 0 unspecified atom stereocenters. The van der Waals surface area contributed by atoms with Crippen LogP contribution in [0.2, 0.25) is 0 Å². The SMILES string of the molecule is CCCSc1nc(N)c2c3c(sc2n1)CO[C@@](C)(CC)C3. The smallest absolute Gasteiger partial charge is 0.190 e. The van der Waals surface area contributed by atoms with Gasteiger partial charge in [-0.25, -0.2) is 9.97 Å². The van der Waals surface area contributed by atoms with E-state index < -0.39 is 0 Å². The maximum Gasteiger partial charge on any atom is 0.190 e. The molecule has 21 heavy (non-hydrogen) atoms. The first-order chi connectivity index (χ1) is 10.1. The minimum absolute atomic E-state index is 0.0942. The Morgan fingerprint density at radius 3 is 2.90 bits per heavy atom. The van der Waals surface area contributed by atoms with E-state index in [0.29, 0.717) is 12.4 Å². The van der Waals surface area contributed by atoms with Crippen LogP contribution in [0.15, 0.2) is 5.16 Å². The second-order valence-electron chi connectivity index (χ2n) is 5.69. The van der Waals surface area contributed by atoms with Crippen molar-refractivity contribution in [2.75, 3.05) is 11.5 Å². The normalized spacial score (nSPS) is 21.7. The highest BCUT2D eigenvalue weighted by molar-refractivity contribution is 7.99. The van der Waals surface area contributed by atoms with E-state index in [0.717, 1.165) is 40.4 Å². The number of fused-ring (bicyclic) bond motifs is 3. The van der Waals surface area contributed by atoms with Crippen molar-refractivity contribution in [3.8, 4) is 0 Å². The van der Waals surface area contributed by atoms with Gasteiger partial charge in [-0.05, 0) is 25.3 Å². The first-order valence-electron chi connectivity index (χ1n) is 7.41. The van der Waals surface area contributed by atoms with Gasteiger partial charge in [0.2, 0.25) is 0 Å². The number of thioether (sulfide) groups is 1. The minimum Gasteiger partial charge on any atom is -0.383 e. The summed E-state index contributed by atoms with van der Waals surface area (Å²) in [5, 5.41) is 1.85. The molecule has 4 nitrogen and oxygen atoms in total. The van der Waals surface area contributed by atoms with E-state index >= 15 is 0 Å². The van der Waals surface area contributed by atoms with Gasteiger partial charge in [0, 0.05) is 17.1 Å². The van der Waals surface area contributed by atoms with Crippen molar-refractivity contribution in [1.29, 1.82) is 0 Å². The van der Waals surface area contributed by atoms with E-state index in [9.17, 15) is 0 Å². The quantitative estimate of drug-likeness (QED) is 0.680. The number of hydrogen-bond donors (Lipinski definition) is 1. The molecule has 114 valence electrons. The van der Waals surface area contributed by atoms with Crippen LogP contribution in [0, 0.1) is 0 Å². The molecule has 2 aromatic heterocycles. The second kappa shape index (κ2) is 5.74. The van der Waals surface area contributed by atoms with Crippen molar-refractivity contribution < 1.29 is 4.74 Å². The molecule has 0 fully saturated rings. The Morgan fingerprint density at radius 1 is 1.38 bits per heavy atom. The predicted molar refractivity (Wildman–Crippen MR) is 90.0 cm³/mol. The highest BCUT2D eigenvalue weighted by atomic mass is 32.2. The van der Waals surface area contributed by atoms with E-state index in [4.69, 9.17) is 10.5 Å². The molecule has 2 aromatic rings. The van der Waals surface area contributed by atoms with Crippen LogP contribution in [0.4, 0.5) is 5.82 Å². The maximum atomic E-state index is 6.23. The number of nitrogens with two attached hydrogens (primary N) is 1. The van der Waals surface area contributed by atoms with E-state index in [1.165, 1.54) is 10.4 Å². The summed E-state index contributed by atoms with van der Waals surface area (Å²) in [5.41, 5.74) is 7.44. The second-order valence-corrected chi connectivity index (χ2v) is 7.84. The number of aromatic nitrogens is 2. The number of nitrogen functional groups attached to an aromatic ring is 1. The van der Waals surface area contributed by atoms with Gasteiger partial charge in [0.15, 0.2) is 5.16 Å². The maximum absolute atomic E-state index is 6.23. The standard InChI is InChI=1S/C15H21N3OS2/c1-4-6-20-14-17-12(16)11-9-7-15(3,5-2)19-8-10(9)21-13(11)18-14/h4-8H2,1-3H3,(H2,16,17,18)/t15-/m0/s1. The topological polar surface area (TPSA) is 61.0 Å². The number of thiophene rings is 1. The number of hydrogen-bond acceptors (Lipinski definition) is 6. The van der Waals surface area contributed by atoms with Gasteiger partial charge in [-0.2, -0.15) is 0 Å². The van der Waals surface area contributed by atoms with Gasteiger partial charge in [-0.15, -0.1) is 11.3 Å². The summed E-state index contributed by atoms with van der Waals surface area (Å²) in [6.07, 6.45) is 3.00. The van der Waals surface area contributed by atoms with E-state index in [-0.39, 0.29) is 5.60 Å². The fraction of sp³-hybridized carbons (Fsp3) is 0.600. The van der Waals surface area contributed by atoms with Crippen LogP contribution in [-0.2, 0) is 17.8 Å². The molecule has 0 bridgehead atoms. The molecule has 0 spiro atoms. The van der Waals surface area contributed by atoms with Crippen molar-refractivity contribution in [1.82, 2.24) is 9.97 Å². The lowest BCUT2D eigenvalue weighted by Crippen LogP contribution is -2.33. The molecule has 0 saturated carbocycles. The molecule has 1 atom stereocenters. The molecule has 6 heteroatoms. The zero-order valence-electron chi connectivity index (χ0n) is 12.7. The largest absolute Gasteiger partial charge is 0.383 e. The molecule has 3 rings (SSSR count). The van der Waals surface area contributed by atoms with Crippen LogP contribution in [0.3, 0.4) is 0 Å². The van der Waals surface area contributed by atoms with E-state index in [2.05, 4.69) is 30.7 Å². The summed E-state index contributed by atoms with van der Waals surface area (Å²) in [7, 11) is 0. The molecule has 0 aromatic carbocycles. The molecular formula is C15H21N3OS2. The Hall–Kier alpha value is -0.850. The summed E-state index contributed by atoms with van der Waals surface area (Å²) >= 11 is 3.38. The monoisotopic (exact) mass is 323 g/mol. The van der Waals surface area contributed by atoms with Gasteiger partial charge in [-0.3, -0.25) is 0 Å². The van der Waals surface area contributed by atoms with Crippen LogP contribution in [-0.4, -0.2) is 21.3 Å². The first-order valence-corrected chi connectivity index (χ1v) is 9.21. The predicted octanol–water partition coefficient (Wildman–Crippen LogP) is 4.02. The Bertz CT molecular complexity index is 670. The van der Waals surface area contributed by atoms with Gasteiger partial charge in [-0.1, -0.05) is 25.6 Å². The van der Waals surface area contributed by atoms with Crippen molar-refractivity contribution in [2.45, 2.75) is 57.4 Å². The van der Waals surface area contributed by atoms with Crippen molar-refractivity contribution in [3.05, 3.63) is 10.4 Å². The molecule has 3 heterocycles. The van der Waals surface area contributed by atoms with Crippen LogP contribution in [0.25, 0.3) is 10.2 Å².